The van der Waals surface area contributed by atoms with Gasteiger partial charge in [0.1, 0.15) is 6.04 Å². The molecule has 0 fully saturated rings. The lowest BCUT2D eigenvalue weighted by Gasteiger charge is -2.13. The summed E-state index contributed by atoms with van der Waals surface area (Å²) in [6, 6.07) is 6.04. The minimum Gasteiger partial charge on any atom is -0.480 e. The number of aromatic nitrogens is 1. The molecular formula is C14H15N3O4. The molecule has 0 radical (unpaired) electrons. The van der Waals surface area contributed by atoms with Crippen LogP contribution in [0.15, 0.2) is 30.5 Å². The molecule has 0 spiro atoms. The summed E-state index contributed by atoms with van der Waals surface area (Å²) < 4.78 is 0. The summed E-state index contributed by atoms with van der Waals surface area (Å²) in [6.07, 6.45) is 1.37. The maximum absolute atomic E-state index is 12.2. The molecule has 0 bridgehead atoms. The number of H-pyrrole nitrogens is 1. The first kappa shape index (κ1) is 14.6. The van der Waals surface area contributed by atoms with Crippen LogP contribution < -0.4 is 11.1 Å². The third kappa shape index (κ3) is 3.38. The van der Waals surface area contributed by atoms with E-state index in [1.807, 2.05) is 12.1 Å². The van der Waals surface area contributed by atoms with E-state index in [-0.39, 0.29) is 12.8 Å². The van der Waals surface area contributed by atoms with E-state index in [0.717, 1.165) is 5.52 Å². The zero-order valence-corrected chi connectivity index (χ0v) is 11.1. The topological polar surface area (TPSA) is 125 Å². The van der Waals surface area contributed by atoms with Crippen LogP contribution in [0.2, 0.25) is 0 Å². The fourth-order valence-electron chi connectivity index (χ4n) is 2.04. The summed E-state index contributed by atoms with van der Waals surface area (Å²) in [5.74, 6) is -2.32. The number of hydrogen-bond donors (Lipinski definition) is 4. The number of nitrogens with one attached hydrogen (secondary N) is 2. The van der Waals surface area contributed by atoms with Gasteiger partial charge in [0, 0.05) is 23.5 Å². The molecule has 1 atom stereocenters. The van der Waals surface area contributed by atoms with Crippen molar-refractivity contribution in [3.63, 3.8) is 0 Å². The van der Waals surface area contributed by atoms with Crippen LogP contribution in [0, 0.1) is 0 Å². The molecule has 2 amide bonds. The van der Waals surface area contributed by atoms with Crippen LogP contribution in [0.5, 0.6) is 0 Å². The Morgan fingerprint density at radius 2 is 2.00 bits per heavy atom. The van der Waals surface area contributed by atoms with Gasteiger partial charge in [-0.15, -0.1) is 0 Å². The molecular weight excluding hydrogens is 274 g/mol. The minimum absolute atomic E-state index is 0.0429. The van der Waals surface area contributed by atoms with E-state index in [1.165, 1.54) is 6.20 Å². The zero-order valence-electron chi connectivity index (χ0n) is 11.1. The second-order valence-corrected chi connectivity index (χ2v) is 4.62. The molecule has 1 aromatic heterocycles. The number of aliphatic carboxylic acids is 1. The molecule has 0 aliphatic heterocycles. The maximum Gasteiger partial charge on any atom is 0.326 e. The van der Waals surface area contributed by atoms with Crippen LogP contribution in [0.4, 0.5) is 0 Å². The Kier molecular flexibility index (Phi) is 4.22. The van der Waals surface area contributed by atoms with Crippen molar-refractivity contribution < 1.29 is 19.5 Å². The number of carboxylic acids is 1. The Morgan fingerprint density at radius 3 is 2.67 bits per heavy atom. The fourth-order valence-corrected chi connectivity index (χ4v) is 2.04. The highest BCUT2D eigenvalue weighted by Gasteiger charge is 2.22. The van der Waals surface area contributed by atoms with E-state index in [2.05, 4.69) is 10.3 Å². The van der Waals surface area contributed by atoms with E-state index in [4.69, 9.17) is 10.8 Å². The lowest BCUT2D eigenvalue weighted by Crippen LogP contribution is -2.41. The van der Waals surface area contributed by atoms with Gasteiger partial charge in [-0.25, -0.2) is 4.79 Å². The van der Waals surface area contributed by atoms with Crippen LogP contribution in [0.25, 0.3) is 10.9 Å². The fraction of sp³-hybridized carbons (Fsp3) is 0.214. The average molecular weight is 289 g/mol. The van der Waals surface area contributed by atoms with E-state index in [1.54, 1.807) is 12.1 Å². The third-order valence-electron chi connectivity index (χ3n) is 3.12. The van der Waals surface area contributed by atoms with Gasteiger partial charge in [-0.05, 0) is 12.5 Å². The Morgan fingerprint density at radius 1 is 1.29 bits per heavy atom. The Hall–Kier alpha value is -2.83. The van der Waals surface area contributed by atoms with Crippen molar-refractivity contribution in [3.8, 4) is 0 Å². The van der Waals surface area contributed by atoms with Crippen molar-refractivity contribution in [2.24, 2.45) is 5.73 Å². The second kappa shape index (κ2) is 6.08. The van der Waals surface area contributed by atoms with Crippen LogP contribution >= 0.6 is 0 Å². The molecule has 0 unspecified atom stereocenters. The quantitative estimate of drug-likeness (QED) is 0.621. The summed E-state index contributed by atoms with van der Waals surface area (Å²) in [5.41, 5.74) is 6.13. The van der Waals surface area contributed by atoms with Crippen LogP contribution in [0.1, 0.15) is 23.2 Å². The highest BCUT2D eigenvalue weighted by molar-refractivity contribution is 6.07. The van der Waals surface area contributed by atoms with Gasteiger partial charge in [0.15, 0.2) is 0 Å². The smallest absolute Gasteiger partial charge is 0.326 e. The SMILES string of the molecule is NC(=O)CC[C@@H](NC(=O)c1c[nH]c2ccccc12)C(=O)O. The number of amides is 2. The number of aromatic amines is 1. The number of benzene rings is 1. The summed E-state index contributed by atoms with van der Waals surface area (Å²) >= 11 is 0. The third-order valence-corrected chi connectivity index (χ3v) is 3.12. The number of carboxylic acid groups (broad SMARTS) is 1. The van der Waals surface area contributed by atoms with Crippen molar-refractivity contribution >= 4 is 28.7 Å². The molecule has 1 heterocycles. The van der Waals surface area contributed by atoms with Gasteiger partial charge in [-0.3, -0.25) is 9.59 Å². The van der Waals surface area contributed by atoms with Gasteiger partial charge < -0.3 is 21.1 Å². The normalized spacial score (nSPS) is 12.0. The first-order valence-electron chi connectivity index (χ1n) is 6.37. The number of para-hydroxylation sites is 1. The first-order valence-corrected chi connectivity index (χ1v) is 6.37. The summed E-state index contributed by atoms with van der Waals surface area (Å²) in [5, 5.41) is 12.2. The molecule has 0 aliphatic carbocycles. The highest BCUT2D eigenvalue weighted by Crippen LogP contribution is 2.17. The van der Waals surface area contributed by atoms with Crippen molar-refractivity contribution in [2.75, 3.05) is 0 Å². The van der Waals surface area contributed by atoms with Crippen molar-refractivity contribution in [2.45, 2.75) is 18.9 Å². The molecule has 0 aliphatic rings. The molecule has 110 valence electrons. The zero-order chi connectivity index (χ0) is 15.4. The van der Waals surface area contributed by atoms with E-state index in [0.29, 0.717) is 10.9 Å². The van der Waals surface area contributed by atoms with Gasteiger partial charge in [-0.2, -0.15) is 0 Å². The molecule has 0 saturated carbocycles. The lowest BCUT2D eigenvalue weighted by atomic mass is 10.1. The summed E-state index contributed by atoms with van der Waals surface area (Å²) in [6.45, 7) is 0. The average Bonchev–Trinajstić information content (AvgIpc) is 2.86. The number of primary amides is 1. The summed E-state index contributed by atoms with van der Waals surface area (Å²) in [4.78, 5) is 36.9. The van der Waals surface area contributed by atoms with Crippen molar-refractivity contribution in [1.29, 1.82) is 0 Å². The van der Waals surface area contributed by atoms with Crippen LogP contribution in [-0.2, 0) is 9.59 Å². The van der Waals surface area contributed by atoms with Gasteiger partial charge in [0.2, 0.25) is 5.91 Å². The lowest BCUT2D eigenvalue weighted by molar-refractivity contribution is -0.139. The number of hydrogen-bond acceptors (Lipinski definition) is 3. The predicted octanol–water partition coefficient (Wildman–Crippen LogP) is 0.616. The molecule has 0 saturated heterocycles. The number of nitrogens with two attached hydrogens (primary N) is 1. The Balaban J connectivity index is 2.15. The maximum atomic E-state index is 12.2. The van der Waals surface area contributed by atoms with E-state index >= 15 is 0 Å². The minimum atomic E-state index is -1.20. The Bertz CT molecular complexity index is 692. The monoisotopic (exact) mass is 289 g/mol. The van der Waals surface area contributed by atoms with Gasteiger partial charge in [-0.1, -0.05) is 18.2 Å². The van der Waals surface area contributed by atoms with Crippen molar-refractivity contribution in [1.82, 2.24) is 10.3 Å². The summed E-state index contributed by atoms with van der Waals surface area (Å²) in [7, 11) is 0. The number of fused-ring (bicyclic) bond motifs is 1. The molecule has 1 aromatic carbocycles. The molecule has 2 rings (SSSR count). The van der Waals surface area contributed by atoms with E-state index in [9.17, 15) is 14.4 Å². The molecule has 5 N–H and O–H groups in total. The van der Waals surface area contributed by atoms with Crippen LogP contribution in [-0.4, -0.2) is 33.9 Å². The molecule has 7 heteroatoms. The molecule has 7 nitrogen and oxygen atoms in total. The van der Waals surface area contributed by atoms with E-state index < -0.39 is 23.8 Å². The van der Waals surface area contributed by atoms with Gasteiger partial charge in [0.25, 0.3) is 5.91 Å². The molecule has 2 aromatic rings. The number of carbonyl (C=O) groups is 3. The number of carbonyl (C=O) groups excluding carboxylic acids is 2. The first-order chi connectivity index (χ1) is 9.99. The predicted molar refractivity (Wildman–Crippen MR) is 75.6 cm³/mol. The molecule has 21 heavy (non-hydrogen) atoms. The van der Waals surface area contributed by atoms with Gasteiger partial charge in [0.05, 0.1) is 5.56 Å². The largest absolute Gasteiger partial charge is 0.480 e. The van der Waals surface area contributed by atoms with Crippen LogP contribution in [0.3, 0.4) is 0 Å². The highest BCUT2D eigenvalue weighted by atomic mass is 16.4. The second-order valence-electron chi connectivity index (χ2n) is 4.62. The standard InChI is InChI=1S/C14H15N3O4/c15-12(18)6-5-11(14(20)21)17-13(19)9-7-16-10-4-2-1-3-8(9)10/h1-4,7,11,16H,5-6H2,(H2,15,18)(H,17,19)(H,20,21)/t11-/m1/s1. The Labute approximate surface area is 120 Å². The van der Waals surface area contributed by atoms with Crippen molar-refractivity contribution in [3.05, 3.63) is 36.0 Å². The number of rotatable bonds is 6. The van der Waals surface area contributed by atoms with Gasteiger partial charge >= 0.3 is 5.97 Å².